The molecule has 2 N–H and O–H groups in total. The maximum atomic E-state index is 12.6. The van der Waals surface area contributed by atoms with E-state index in [1.54, 1.807) is 6.07 Å². The SMILES string of the molecule is CCc1cc(C(=O)N2CCC(c3nc4ccccc4cc3N)CC2)no1. The van der Waals surface area contributed by atoms with Gasteiger partial charge in [0.15, 0.2) is 5.69 Å². The summed E-state index contributed by atoms with van der Waals surface area (Å²) in [6.45, 7) is 3.32. The summed E-state index contributed by atoms with van der Waals surface area (Å²) >= 11 is 0. The first-order valence-corrected chi connectivity index (χ1v) is 9.05. The molecule has 0 radical (unpaired) electrons. The highest BCUT2D eigenvalue weighted by Crippen LogP contribution is 2.32. The van der Waals surface area contributed by atoms with Gasteiger partial charge < -0.3 is 15.2 Å². The summed E-state index contributed by atoms with van der Waals surface area (Å²) in [4.78, 5) is 19.2. The average Bonchev–Trinajstić information content (AvgIpc) is 3.16. The smallest absolute Gasteiger partial charge is 0.276 e. The van der Waals surface area contributed by atoms with E-state index in [2.05, 4.69) is 5.16 Å². The van der Waals surface area contributed by atoms with E-state index < -0.39 is 0 Å². The van der Waals surface area contributed by atoms with Gasteiger partial charge in [0.25, 0.3) is 5.91 Å². The maximum Gasteiger partial charge on any atom is 0.276 e. The van der Waals surface area contributed by atoms with Crippen molar-refractivity contribution >= 4 is 22.5 Å². The number of carbonyl (C=O) groups excluding carboxylic acids is 1. The van der Waals surface area contributed by atoms with Crippen molar-refractivity contribution in [2.24, 2.45) is 0 Å². The number of hydrogen-bond acceptors (Lipinski definition) is 5. The second-order valence-corrected chi connectivity index (χ2v) is 6.75. The van der Waals surface area contributed by atoms with Gasteiger partial charge in [0, 0.05) is 36.9 Å². The van der Waals surface area contributed by atoms with E-state index in [0.717, 1.165) is 47.3 Å². The van der Waals surface area contributed by atoms with Gasteiger partial charge in [-0.15, -0.1) is 0 Å². The lowest BCUT2D eigenvalue weighted by Crippen LogP contribution is -2.38. The lowest BCUT2D eigenvalue weighted by molar-refractivity contribution is 0.0702. The van der Waals surface area contributed by atoms with Crippen LogP contribution >= 0.6 is 0 Å². The molecule has 2 aromatic heterocycles. The molecule has 134 valence electrons. The number of nitrogens with zero attached hydrogens (tertiary/aromatic N) is 3. The monoisotopic (exact) mass is 350 g/mol. The Hall–Kier alpha value is -2.89. The quantitative estimate of drug-likeness (QED) is 0.782. The number of anilines is 1. The number of piperidine rings is 1. The van der Waals surface area contributed by atoms with Gasteiger partial charge in [-0.25, -0.2) is 0 Å². The van der Waals surface area contributed by atoms with Gasteiger partial charge >= 0.3 is 0 Å². The number of fused-ring (bicyclic) bond motifs is 1. The Balaban J connectivity index is 1.48. The van der Waals surface area contributed by atoms with Crippen LogP contribution in [0.2, 0.25) is 0 Å². The fourth-order valence-corrected chi connectivity index (χ4v) is 3.57. The summed E-state index contributed by atoms with van der Waals surface area (Å²) < 4.78 is 5.15. The summed E-state index contributed by atoms with van der Waals surface area (Å²) in [6, 6.07) is 11.7. The number of pyridine rings is 1. The lowest BCUT2D eigenvalue weighted by Gasteiger charge is -2.31. The van der Waals surface area contributed by atoms with Gasteiger partial charge in [-0.1, -0.05) is 30.3 Å². The number of aromatic nitrogens is 2. The molecule has 0 atom stereocenters. The van der Waals surface area contributed by atoms with Gasteiger partial charge in [0.1, 0.15) is 5.76 Å². The van der Waals surface area contributed by atoms with E-state index in [9.17, 15) is 4.79 Å². The van der Waals surface area contributed by atoms with Crippen LogP contribution in [-0.4, -0.2) is 34.0 Å². The van der Waals surface area contributed by atoms with Crippen LogP contribution in [0, 0.1) is 0 Å². The number of para-hydroxylation sites is 1. The van der Waals surface area contributed by atoms with Crippen LogP contribution in [-0.2, 0) is 6.42 Å². The Morgan fingerprint density at radius 3 is 2.77 bits per heavy atom. The zero-order valence-electron chi connectivity index (χ0n) is 14.8. The van der Waals surface area contributed by atoms with Crippen molar-refractivity contribution < 1.29 is 9.32 Å². The molecule has 1 aliphatic rings. The van der Waals surface area contributed by atoms with Gasteiger partial charge in [-0.3, -0.25) is 9.78 Å². The molecule has 3 heterocycles. The number of aryl methyl sites for hydroxylation is 1. The van der Waals surface area contributed by atoms with Crippen LogP contribution in [0.3, 0.4) is 0 Å². The standard InChI is InChI=1S/C20H22N4O2/c1-2-15-12-18(23-26-15)20(25)24-9-7-13(8-10-24)19-16(21)11-14-5-3-4-6-17(14)22-19/h3-6,11-13H,2,7-10,21H2,1H3. The summed E-state index contributed by atoms with van der Waals surface area (Å²) in [7, 11) is 0. The molecule has 4 rings (SSSR count). The molecule has 1 aliphatic heterocycles. The first-order valence-electron chi connectivity index (χ1n) is 9.05. The van der Waals surface area contributed by atoms with Crippen molar-refractivity contribution in [3.05, 3.63) is 53.5 Å². The first-order chi connectivity index (χ1) is 12.7. The maximum absolute atomic E-state index is 12.6. The van der Waals surface area contributed by atoms with Gasteiger partial charge in [0.05, 0.1) is 16.9 Å². The van der Waals surface area contributed by atoms with E-state index in [0.29, 0.717) is 18.8 Å². The Morgan fingerprint density at radius 2 is 2.04 bits per heavy atom. The molecule has 6 nitrogen and oxygen atoms in total. The fraction of sp³-hybridized carbons (Fsp3) is 0.350. The minimum absolute atomic E-state index is 0.0636. The number of benzene rings is 1. The number of hydrogen-bond donors (Lipinski definition) is 1. The molecular weight excluding hydrogens is 328 g/mol. The van der Waals surface area contributed by atoms with Gasteiger partial charge in [0.2, 0.25) is 0 Å². The van der Waals surface area contributed by atoms with Gasteiger partial charge in [-0.2, -0.15) is 0 Å². The minimum atomic E-state index is -0.0636. The highest BCUT2D eigenvalue weighted by Gasteiger charge is 2.28. The molecule has 0 aliphatic carbocycles. The van der Waals surface area contributed by atoms with Crippen LogP contribution in [0.1, 0.15) is 47.6 Å². The molecule has 26 heavy (non-hydrogen) atoms. The molecule has 1 saturated heterocycles. The number of rotatable bonds is 3. The van der Waals surface area contributed by atoms with Crippen molar-refractivity contribution in [2.45, 2.75) is 32.1 Å². The van der Waals surface area contributed by atoms with Crippen molar-refractivity contribution in [1.29, 1.82) is 0 Å². The fourth-order valence-electron chi connectivity index (χ4n) is 3.57. The average molecular weight is 350 g/mol. The Bertz CT molecular complexity index is 942. The predicted octanol–water partition coefficient (Wildman–Crippen LogP) is 3.39. The van der Waals surface area contributed by atoms with Crippen molar-refractivity contribution in [3.8, 4) is 0 Å². The first kappa shape index (κ1) is 16.6. The van der Waals surface area contributed by atoms with E-state index in [4.69, 9.17) is 15.2 Å². The van der Waals surface area contributed by atoms with Crippen LogP contribution in [0.5, 0.6) is 0 Å². The van der Waals surface area contributed by atoms with Crippen LogP contribution in [0.25, 0.3) is 10.9 Å². The van der Waals surface area contributed by atoms with Crippen molar-refractivity contribution in [1.82, 2.24) is 15.0 Å². The highest BCUT2D eigenvalue weighted by molar-refractivity contribution is 5.92. The molecule has 0 spiro atoms. The van der Waals surface area contributed by atoms with E-state index in [1.807, 2.05) is 42.2 Å². The van der Waals surface area contributed by atoms with E-state index in [1.165, 1.54) is 0 Å². The molecule has 0 unspecified atom stereocenters. The molecule has 1 amide bonds. The van der Waals surface area contributed by atoms with E-state index >= 15 is 0 Å². The second-order valence-electron chi connectivity index (χ2n) is 6.75. The number of amides is 1. The molecule has 0 saturated carbocycles. The summed E-state index contributed by atoms with van der Waals surface area (Å²) in [6.07, 6.45) is 2.43. The normalized spacial score (nSPS) is 15.5. The summed E-state index contributed by atoms with van der Waals surface area (Å²) in [5, 5.41) is 4.94. The van der Waals surface area contributed by atoms with Gasteiger partial charge in [-0.05, 0) is 25.0 Å². The number of nitrogen functional groups attached to an aromatic ring is 1. The zero-order chi connectivity index (χ0) is 18.1. The summed E-state index contributed by atoms with van der Waals surface area (Å²) in [5.74, 6) is 0.940. The third kappa shape index (κ3) is 3.03. The lowest BCUT2D eigenvalue weighted by atomic mass is 9.91. The molecular formula is C20H22N4O2. The number of carbonyl (C=O) groups is 1. The molecule has 3 aromatic rings. The van der Waals surface area contributed by atoms with Crippen molar-refractivity contribution in [2.75, 3.05) is 18.8 Å². The molecule has 0 bridgehead atoms. The minimum Gasteiger partial charge on any atom is -0.397 e. The Morgan fingerprint density at radius 1 is 1.27 bits per heavy atom. The Kier molecular flexibility index (Phi) is 4.32. The van der Waals surface area contributed by atoms with Crippen LogP contribution in [0.15, 0.2) is 40.9 Å². The molecule has 1 aromatic carbocycles. The number of likely N-dealkylation sites (tertiary alicyclic amines) is 1. The van der Waals surface area contributed by atoms with E-state index in [-0.39, 0.29) is 11.8 Å². The topological polar surface area (TPSA) is 85.2 Å². The largest absolute Gasteiger partial charge is 0.397 e. The second kappa shape index (κ2) is 6.78. The third-order valence-electron chi connectivity index (χ3n) is 5.08. The van der Waals surface area contributed by atoms with Crippen LogP contribution in [0.4, 0.5) is 5.69 Å². The third-order valence-corrected chi connectivity index (χ3v) is 5.08. The summed E-state index contributed by atoms with van der Waals surface area (Å²) in [5.41, 5.74) is 9.29. The Labute approximate surface area is 152 Å². The predicted molar refractivity (Wildman–Crippen MR) is 99.9 cm³/mol. The number of nitrogens with two attached hydrogens (primary N) is 1. The molecule has 1 fully saturated rings. The zero-order valence-corrected chi connectivity index (χ0v) is 14.8. The highest BCUT2D eigenvalue weighted by atomic mass is 16.5. The molecule has 6 heteroatoms. The van der Waals surface area contributed by atoms with Crippen LogP contribution < -0.4 is 5.73 Å². The van der Waals surface area contributed by atoms with Crippen molar-refractivity contribution in [3.63, 3.8) is 0 Å².